The molecular weight excluding hydrogens is 472 g/mol. The molecule has 7 nitrogen and oxygen atoms in total. The first-order valence-electron chi connectivity index (χ1n) is 11.2. The van der Waals surface area contributed by atoms with Gasteiger partial charge in [-0.2, -0.15) is 0 Å². The number of carboxylic acids is 1. The van der Waals surface area contributed by atoms with Gasteiger partial charge in [0.2, 0.25) is 5.76 Å². The molecular formula is C25H22N2O5S2. The number of hydrogen-bond donors (Lipinski definition) is 2. The molecule has 0 saturated heterocycles. The number of carboxylic acid groups (broad SMARTS) is 1. The van der Waals surface area contributed by atoms with Crippen LogP contribution < -0.4 is 5.32 Å². The van der Waals surface area contributed by atoms with Gasteiger partial charge in [0.05, 0.1) is 4.88 Å². The maximum absolute atomic E-state index is 12.8. The fraction of sp³-hybridized carbons (Fsp3) is 0.320. The third kappa shape index (κ3) is 3.69. The number of anilines is 1. The zero-order valence-corrected chi connectivity index (χ0v) is 20.0. The van der Waals surface area contributed by atoms with Gasteiger partial charge in [-0.1, -0.05) is 35.5 Å². The lowest BCUT2D eigenvalue weighted by molar-refractivity contribution is -0.139. The van der Waals surface area contributed by atoms with Crippen LogP contribution in [0, 0.1) is 0 Å². The number of aliphatic carboxylic acids is 1. The zero-order valence-electron chi connectivity index (χ0n) is 18.4. The molecule has 34 heavy (non-hydrogen) atoms. The molecule has 2 N–H and O–H groups in total. The molecule has 4 aromatic rings. The number of rotatable bonds is 7. The molecule has 3 heterocycles. The predicted octanol–water partition coefficient (Wildman–Crippen LogP) is 6.92. The lowest BCUT2D eigenvalue weighted by Crippen LogP contribution is -2.17. The van der Waals surface area contributed by atoms with Crippen molar-refractivity contribution in [1.82, 2.24) is 5.16 Å². The Kier molecular flexibility index (Phi) is 5.00. The van der Waals surface area contributed by atoms with Crippen LogP contribution >= 0.6 is 22.7 Å². The van der Waals surface area contributed by atoms with Gasteiger partial charge in [-0.3, -0.25) is 10.1 Å². The van der Waals surface area contributed by atoms with Crippen LogP contribution in [0.4, 0.5) is 10.5 Å². The van der Waals surface area contributed by atoms with Crippen LogP contribution in [0.15, 0.2) is 47.0 Å². The minimum Gasteiger partial charge on any atom is -0.481 e. The van der Waals surface area contributed by atoms with Crippen LogP contribution in [0.5, 0.6) is 0 Å². The highest BCUT2D eigenvalue weighted by atomic mass is 32.1. The summed E-state index contributed by atoms with van der Waals surface area (Å²) in [6.45, 7) is 1.83. The number of nitrogens with zero attached hydrogens (tertiary/aromatic N) is 1. The summed E-state index contributed by atoms with van der Waals surface area (Å²) in [6, 6.07) is 13.5. The number of hydrogen-bond acceptors (Lipinski definition) is 7. The van der Waals surface area contributed by atoms with Crippen molar-refractivity contribution >= 4 is 49.8 Å². The maximum atomic E-state index is 12.8. The van der Waals surface area contributed by atoms with E-state index in [1.807, 2.05) is 49.4 Å². The number of fused-ring (bicyclic) bond motifs is 1. The summed E-state index contributed by atoms with van der Waals surface area (Å²) >= 11 is 3.03. The van der Waals surface area contributed by atoms with Crippen LogP contribution in [-0.4, -0.2) is 22.3 Å². The average molecular weight is 495 g/mol. The van der Waals surface area contributed by atoms with Gasteiger partial charge in [-0.15, -0.1) is 22.7 Å². The summed E-state index contributed by atoms with van der Waals surface area (Å²) in [4.78, 5) is 26.2. The molecule has 0 spiro atoms. The first kappa shape index (κ1) is 21.4. The number of nitrogens with one attached hydrogen (secondary N) is 1. The van der Waals surface area contributed by atoms with E-state index in [4.69, 9.17) is 9.26 Å². The van der Waals surface area contributed by atoms with Gasteiger partial charge >= 0.3 is 12.1 Å². The van der Waals surface area contributed by atoms with Gasteiger partial charge in [0.1, 0.15) is 22.9 Å². The normalized spacial score (nSPS) is 17.4. The SMILES string of the molecule is CC(OC(=O)Nc1c(C2CC2)noc1-c1cc2sc(C3(C(=O)O)CC3)cc2s1)c1ccccc1. The monoisotopic (exact) mass is 494 g/mol. The number of carbonyl (C=O) groups is 2. The first-order valence-corrected chi connectivity index (χ1v) is 12.9. The van der Waals surface area contributed by atoms with Gasteiger partial charge in [-0.05, 0) is 50.3 Å². The molecule has 2 aliphatic rings. The van der Waals surface area contributed by atoms with Gasteiger partial charge in [0.15, 0.2) is 0 Å². The Balaban J connectivity index is 1.27. The van der Waals surface area contributed by atoms with Crippen LogP contribution in [0.2, 0.25) is 0 Å². The molecule has 2 fully saturated rings. The van der Waals surface area contributed by atoms with Gasteiger partial charge in [0, 0.05) is 20.2 Å². The zero-order chi connectivity index (χ0) is 23.4. The van der Waals surface area contributed by atoms with E-state index >= 15 is 0 Å². The van der Waals surface area contributed by atoms with E-state index in [0.29, 0.717) is 24.3 Å². The summed E-state index contributed by atoms with van der Waals surface area (Å²) in [5.74, 6) is 0.0403. The number of ether oxygens (including phenoxy) is 1. The molecule has 9 heteroatoms. The first-order chi connectivity index (χ1) is 16.4. The molecule has 1 aromatic carbocycles. The van der Waals surface area contributed by atoms with Crippen molar-refractivity contribution in [3.05, 3.63) is 58.6 Å². The van der Waals surface area contributed by atoms with Gasteiger partial charge in [-0.25, -0.2) is 4.79 Å². The molecule has 0 bridgehead atoms. The predicted molar refractivity (Wildman–Crippen MR) is 131 cm³/mol. The summed E-state index contributed by atoms with van der Waals surface area (Å²) in [7, 11) is 0. The lowest BCUT2D eigenvalue weighted by Gasteiger charge is -2.14. The molecule has 1 amide bonds. The quantitative estimate of drug-likeness (QED) is 0.289. The molecule has 1 atom stereocenters. The Morgan fingerprint density at radius 2 is 1.91 bits per heavy atom. The topological polar surface area (TPSA) is 102 Å². The van der Waals surface area contributed by atoms with E-state index in [1.54, 1.807) is 0 Å². The second kappa shape index (κ2) is 7.95. The number of thiophene rings is 2. The standard InChI is InChI=1S/C25H22N2O5S2/c1-13(14-5-3-2-4-6-14)31-24(30)26-21-20(15-7-8-15)27-32-22(21)18-11-16-17(33-18)12-19(34-16)25(9-10-25)23(28)29/h2-6,11-13,15H,7-10H2,1H3,(H,26,30)(H,28,29). The van der Waals surface area contributed by atoms with E-state index in [2.05, 4.69) is 10.5 Å². The molecule has 0 radical (unpaired) electrons. The van der Waals surface area contributed by atoms with Crippen LogP contribution in [0.3, 0.4) is 0 Å². The second-order valence-corrected chi connectivity index (χ2v) is 11.1. The third-order valence-electron chi connectivity index (χ3n) is 6.52. The minimum absolute atomic E-state index is 0.275. The third-order valence-corrected chi connectivity index (χ3v) is 9.02. The van der Waals surface area contributed by atoms with E-state index < -0.39 is 23.6 Å². The summed E-state index contributed by atoms with van der Waals surface area (Å²) < 4.78 is 13.4. The van der Waals surface area contributed by atoms with Crippen LogP contribution in [0.25, 0.3) is 20.0 Å². The van der Waals surface area contributed by atoms with Crippen LogP contribution in [-0.2, 0) is 14.9 Å². The number of aromatic nitrogens is 1. The summed E-state index contributed by atoms with van der Waals surface area (Å²) in [5, 5.41) is 16.8. The molecule has 2 aliphatic carbocycles. The van der Waals surface area contributed by atoms with Crippen molar-refractivity contribution < 1.29 is 24.0 Å². The molecule has 0 aliphatic heterocycles. The summed E-state index contributed by atoms with van der Waals surface area (Å²) in [5.41, 5.74) is 1.52. The Hall–Kier alpha value is -3.17. The van der Waals surface area contributed by atoms with Crippen molar-refractivity contribution in [2.45, 2.75) is 50.0 Å². The number of carbonyl (C=O) groups excluding carboxylic acids is 1. The Morgan fingerprint density at radius 1 is 1.18 bits per heavy atom. The Labute approximate surface area is 203 Å². The highest BCUT2D eigenvalue weighted by molar-refractivity contribution is 7.29. The van der Waals surface area contributed by atoms with Crippen molar-refractivity contribution in [2.75, 3.05) is 5.32 Å². The fourth-order valence-electron chi connectivity index (χ4n) is 4.19. The highest BCUT2D eigenvalue weighted by Crippen LogP contribution is 2.54. The lowest BCUT2D eigenvalue weighted by atomic mass is 10.1. The molecule has 6 rings (SSSR count). The van der Waals surface area contributed by atoms with Crippen molar-refractivity contribution in [3.8, 4) is 10.6 Å². The highest BCUT2D eigenvalue weighted by Gasteiger charge is 2.53. The average Bonchev–Trinajstić information content (AvgIpc) is 3.71. The van der Waals surface area contributed by atoms with Crippen molar-refractivity contribution in [1.29, 1.82) is 0 Å². The minimum atomic E-state index is -0.749. The van der Waals surface area contributed by atoms with Crippen LogP contribution in [0.1, 0.15) is 60.8 Å². The molecule has 3 aromatic heterocycles. The number of amides is 1. The van der Waals surface area contributed by atoms with Gasteiger partial charge in [0.25, 0.3) is 0 Å². The molecule has 174 valence electrons. The second-order valence-electron chi connectivity index (χ2n) is 8.97. The fourth-order valence-corrected chi connectivity index (χ4v) is 6.80. The van der Waals surface area contributed by atoms with E-state index in [-0.39, 0.29) is 5.92 Å². The smallest absolute Gasteiger partial charge is 0.412 e. The molecule has 2 saturated carbocycles. The van der Waals surface area contributed by atoms with E-state index in [1.165, 1.54) is 22.7 Å². The summed E-state index contributed by atoms with van der Waals surface area (Å²) in [6.07, 6.45) is 2.44. The Bertz CT molecular complexity index is 1360. The maximum Gasteiger partial charge on any atom is 0.412 e. The molecule has 1 unspecified atom stereocenters. The van der Waals surface area contributed by atoms with Crippen molar-refractivity contribution in [3.63, 3.8) is 0 Å². The van der Waals surface area contributed by atoms with E-state index in [9.17, 15) is 14.7 Å². The Morgan fingerprint density at radius 3 is 2.56 bits per heavy atom. The largest absolute Gasteiger partial charge is 0.481 e. The van der Waals surface area contributed by atoms with Crippen molar-refractivity contribution in [2.24, 2.45) is 0 Å². The van der Waals surface area contributed by atoms with Gasteiger partial charge < -0.3 is 14.4 Å². The number of benzene rings is 1. The van der Waals surface area contributed by atoms with E-state index in [0.717, 1.165) is 43.3 Å².